The Morgan fingerprint density at radius 3 is 2.79 bits per heavy atom. The molecule has 0 saturated carbocycles. The molecule has 2 aromatic rings. The van der Waals surface area contributed by atoms with Crippen LogP contribution in [-0.4, -0.2) is 33.7 Å². The van der Waals surface area contributed by atoms with E-state index in [1.54, 1.807) is 12.1 Å². The number of Topliss-reactive ketones (excluding diaryl/α,β-unsaturated/α-hetero) is 1. The number of benzene rings is 1. The van der Waals surface area contributed by atoms with Crippen LogP contribution in [0.15, 0.2) is 29.1 Å². The molecule has 126 valence electrons. The largest absolute Gasteiger partial charge is 0.501 e. The van der Waals surface area contributed by atoms with Crippen molar-refractivity contribution in [2.24, 2.45) is 0 Å². The summed E-state index contributed by atoms with van der Waals surface area (Å²) in [7, 11) is 0. The number of rotatable bonds is 4. The Morgan fingerprint density at radius 1 is 1.29 bits per heavy atom. The number of ether oxygens (including phenoxy) is 1. The van der Waals surface area contributed by atoms with Crippen LogP contribution in [0.5, 0.6) is 5.75 Å². The first kappa shape index (κ1) is 16.3. The predicted octanol–water partition coefficient (Wildman–Crippen LogP) is 1.48. The first-order valence-electron chi connectivity index (χ1n) is 7.74. The van der Waals surface area contributed by atoms with Gasteiger partial charge < -0.3 is 9.84 Å². The van der Waals surface area contributed by atoms with E-state index in [1.807, 2.05) is 0 Å². The van der Waals surface area contributed by atoms with E-state index in [0.717, 1.165) is 5.56 Å². The second-order valence-corrected chi connectivity index (χ2v) is 5.59. The minimum Gasteiger partial charge on any atom is -0.501 e. The molecule has 0 bridgehead atoms. The molecule has 0 aliphatic carbocycles. The summed E-state index contributed by atoms with van der Waals surface area (Å²) in [5.41, 5.74) is -0.0185. The summed E-state index contributed by atoms with van der Waals surface area (Å²) in [4.78, 5) is 28.8. The summed E-state index contributed by atoms with van der Waals surface area (Å²) in [6, 6.07) is 5.84. The molecule has 6 nitrogen and oxygen atoms in total. The molecule has 1 aliphatic rings. The van der Waals surface area contributed by atoms with Crippen molar-refractivity contribution in [2.75, 3.05) is 13.2 Å². The molecule has 1 aromatic carbocycles. The highest BCUT2D eigenvalue weighted by Gasteiger charge is 2.22. The monoisotopic (exact) mass is 332 g/mol. The lowest BCUT2D eigenvalue weighted by Gasteiger charge is -2.11. The smallest absolute Gasteiger partial charge is 0.296 e. The van der Waals surface area contributed by atoms with Crippen molar-refractivity contribution in [1.82, 2.24) is 9.55 Å². The zero-order chi connectivity index (χ0) is 17.1. The van der Waals surface area contributed by atoms with E-state index < -0.39 is 17.1 Å². The highest BCUT2D eigenvalue weighted by Crippen LogP contribution is 2.16. The third-order valence-electron chi connectivity index (χ3n) is 3.97. The van der Waals surface area contributed by atoms with E-state index >= 15 is 0 Å². The summed E-state index contributed by atoms with van der Waals surface area (Å²) in [5, 5.41) is 10.0. The van der Waals surface area contributed by atoms with Gasteiger partial charge in [-0.3, -0.25) is 14.2 Å². The zero-order valence-electron chi connectivity index (χ0n) is 13.0. The second kappa shape index (κ2) is 6.92. The number of nitrogens with zero attached hydrogens (tertiary/aromatic N) is 2. The van der Waals surface area contributed by atoms with Crippen molar-refractivity contribution < 1.29 is 19.0 Å². The molecule has 1 aliphatic heterocycles. The topological polar surface area (TPSA) is 81.4 Å². The third kappa shape index (κ3) is 3.35. The first-order chi connectivity index (χ1) is 11.6. The number of hydrogen-bond donors (Lipinski definition) is 1. The average molecular weight is 332 g/mol. The van der Waals surface area contributed by atoms with E-state index in [4.69, 9.17) is 4.74 Å². The van der Waals surface area contributed by atoms with E-state index in [1.165, 1.54) is 16.7 Å². The van der Waals surface area contributed by atoms with Gasteiger partial charge in [0.05, 0.1) is 19.8 Å². The summed E-state index contributed by atoms with van der Waals surface area (Å²) in [6.45, 7) is 1.09. The fraction of sp³-hybridized carbons (Fsp3) is 0.353. The van der Waals surface area contributed by atoms with E-state index in [-0.39, 0.29) is 17.9 Å². The molecule has 0 radical (unpaired) electrons. The maximum Gasteiger partial charge on any atom is 0.296 e. The van der Waals surface area contributed by atoms with Gasteiger partial charge in [-0.25, -0.2) is 9.37 Å². The standard InChI is InChI=1S/C17H17FN2O4/c18-12-4-1-11(2-5-12)3-6-13(21)15-16(22)17(23)20-8-10-24-9-7-14(20)19-15/h1-2,4-5,22H,3,6-10H2. The average Bonchev–Trinajstić information content (AvgIpc) is 2.83. The van der Waals surface area contributed by atoms with Gasteiger partial charge in [0, 0.05) is 12.8 Å². The number of aromatic nitrogens is 2. The van der Waals surface area contributed by atoms with Gasteiger partial charge in [-0.15, -0.1) is 0 Å². The number of fused-ring (bicyclic) bond motifs is 1. The van der Waals surface area contributed by atoms with E-state index in [9.17, 15) is 19.1 Å². The van der Waals surface area contributed by atoms with Crippen LogP contribution >= 0.6 is 0 Å². The number of halogens is 1. The summed E-state index contributed by atoms with van der Waals surface area (Å²) in [6.07, 6.45) is 0.862. The highest BCUT2D eigenvalue weighted by molar-refractivity contribution is 5.96. The molecule has 0 unspecified atom stereocenters. The van der Waals surface area contributed by atoms with Gasteiger partial charge in [-0.1, -0.05) is 12.1 Å². The van der Waals surface area contributed by atoms with Crippen molar-refractivity contribution in [3.8, 4) is 5.75 Å². The van der Waals surface area contributed by atoms with Crippen LogP contribution in [0, 0.1) is 5.82 Å². The van der Waals surface area contributed by atoms with Gasteiger partial charge in [0.25, 0.3) is 5.56 Å². The number of aromatic hydroxyl groups is 1. The van der Waals surface area contributed by atoms with Crippen LogP contribution in [0.25, 0.3) is 0 Å². The molecular formula is C17H17FN2O4. The van der Waals surface area contributed by atoms with Crippen molar-refractivity contribution in [3.05, 3.63) is 57.5 Å². The maximum atomic E-state index is 12.9. The Morgan fingerprint density at radius 2 is 2.04 bits per heavy atom. The van der Waals surface area contributed by atoms with E-state index in [0.29, 0.717) is 38.4 Å². The van der Waals surface area contributed by atoms with Gasteiger partial charge in [-0.05, 0) is 24.1 Å². The summed E-state index contributed by atoms with van der Waals surface area (Å²) < 4.78 is 19.5. The minimum absolute atomic E-state index is 0.0750. The predicted molar refractivity (Wildman–Crippen MR) is 83.7 cm³/mol. The van der Waals surface area contributed by atoms with E-state index in [2.05, 4.69) is 4.98 Å². The Bertz CT molecular complexity index is 815. The number of carbonyl (C=O) groups excluding carboxylic acids is 1. The zero-order valence-corrected chi connectivity index (χ0v) is 13.0. The number of carbonyl (C=O) groups is 1. The molecule has 0 spiro atoms. The molecule has 0 atom stereocenters. The minimum atomic E-state index is -0.621. The third-order valence-corrected chi connectivity index (χ3v) is 3.97. The van der Waals surface area contributed by atoms with Gasteiger partial charge in [-0.2, -0.15) is 0 Å². The molecule has 0 amide bonds. The van der Waals surface area contributed by atoms with Crippen LogP contribution in [0.3, 0.4) is 0 Å². The van der Waals surface area contributed by atoms with Crippen LogP contribution in [0.1, 0.15) is 28.3 Å². The molecule has 2 heterocycles. The summed E-state index contributed by atoms with van der Waals surface area (Å²) in [5.74, 6) is -0.932. The normalized spacial score (nSPS) is 14.0. The highest BCUT2D eigenvalue weighted by atomic mass is 19.1. The molecule has 3 rings (SSSR count). The van der Waals surface area contributed by atoms with Gasteiger partial charge in [0.1, 0.15) is 11.6 Å². The summed E-state index contributed by atoms with van der Waals surface area (Å²) >= 11 is 0. The Labute approximate surface area is 137 Å². The van der Waals surface area contributed by atoms with Crippen molar-refractivity contribution >= 4 is 5.78 Å². The Hall–Kier alpha value is -2.54. The molecule has 0 saturated heterocycles. The fourth-order valence-corrected chi connectivity index (χ4v) is 2.65. The van der Waals surface area contributed by atoms with Crippen LogP contribution < -0.4 is 5.56 Å². The van der Waals surface area contributed by atoms with Crippen molar-refractivity contribution in [3.63, 3.8) is 0 Å². The van der Waals surface area contributed by atoms with Crippen LogP contribution in [0.2, 0.25) is 0 Å². The lowest BCUT2D eigenvalue weighted by atomic mass is 10.1. The lowest BCUT2D eigenvalue weighted by Crippen LogP contribution is -2.27. The lowest BCUT2D eigenvalue weighted by molar-refractivity contribution is 0.0974. The maximum absolute atomic E-state index is 12.9. The van der Waals surface area contributed by atoms with Crippen LogP contribution in [-0.2, 0) is 24.1 Å². The Balaban J connectivity index is 1.82. The molecule has 7 heteroatoms. The fourth-order valence-electron chi connectivity index (χ4n) is 2.65. The molecule has 0 fully saturated rings. The quantitative estimate of drug-likeness (QED) is 0.858. The van der Waals surface area contributed by atoms with Gasteiger partial charge >= 0.3 is 0 Å². The Kier molecular flexibility index (Phi) is 4.71. The number of hydrogen-bond acceptors (Lipinski definition) is 5. The van der Waals surface area contributed by atoms with Crippen LogP contribution in [0.4, 0.5) is 4.39 Å². The number of ketones is 1. The second-order valence-electron chi connectivity index (χ2n) is 5.59. The first-order valence-corrected chi connectivity index (χ1v) is 7.74. The van der Waals surface area contributed by atoms with Crippen molar-refractivity contribution in [2.45, 2.75) is 25.8 Å². The van der Waals surface area contributed by atoms with Gasteiger partial charge in [0.15, 0.2) is 11.5 Å². The van der Waals surface area contributed by atoms with Gasteiger partial charge in [0.2, 0.25) is 5.75 Å². The molecule has 24 heavy (non-hydrogen) atoms. The SMILES string of the molecule is O=C(CCc1ccc(F)cc1)c1nc2n(c(=O)c1O)CCOCC2. The molecule has 1 N–H and O–H groups in total. The molecule has 1 aromatic heterocycles. The van der Waals surface area contributed by atoms with Crippen molar-refractivity contribution in [1.29, 1.82) is 0 Å². The number of aryl methyl sites for hydroxylation is 1. The molecular weight excluding hydrogens is 315 g/mol.